The van der Waals surface area contributed by atoms with Crippen LogP contribution < -0.4 is 10.6 Å². The van der Waals surface area contributed by atoms with Crippen LogP contribution in [-0.2, 0) is 17.8 Å². The summed E-state index contributed by atoms with van der Waals surface area (Å²) in [4.78, 5) is 23.9. The van der Waals surface area contributed by atoms with Crippen LogP contribution in [0.1, 0.15) is 36.6 Å². The number of nitrogens with one attached hydrogen (secondary N) is 2. The zero-order valence-electron chi connectivity index (χ0n) is 13.4. The van der Waals surface area contributed by atoms with E-state index in [1.165, 1.54) is 4.88 Å². The Morgan fingerprint density at radius 3 is 2.77 bits per heavy atom. The third kappa shape index (κ3) is 4.98. The molecular formula is C15H25N5OS. The molecule has 7 heteroatoms. The first-order valence-corrected chi connectivity index (χ1v) is 8.78. The highest BCUT2D eigenvalue weighted by molar-refractivity contribution is 7.11. The molecule has 0 aromatic carbocycles. The Morgan fingerprint density at radius 2 is 2.14 bits per heavy atom. The van der Waals surface area contributed by atoms with Gasteiger partial charge in [0.05, 0.1) is 6.54 Å². The second-order valence-corrected chi connectivity index (χ2v) is 6.41. The van der Waals surface area contributed by atoms with E-state index in [-0.39, 0.29) is 12.5 Å². The van der Waals surface area contributed by atoms with Crippen molar-refractivity contribution in [3.8, 4) is 0 Å². The van der Waals surface area contributed by atoms with Crippen LogP contribution in [0.4, 0.5) is 0 Å². The smallest absolute Gasteiger partial charge is 0.244 e. The summed E-state index contributed by atoms with van der Waals surface area (Å²) in [6.45, 7) is 7.48. The summed E-state index contributed by atoms with van der Waals surface area (Å²) in [5.41, 5.74) is 0. The van der Waals surface area contributed by atoms with Gasteiger partial charge < -0.3 is 15.5 Å². The molecule has 0 unspecified atom stereocenters. The lowest BCUT2D eigenvalue weighted by Gasteiger charge is -2.14. The van der Waals surface area contributed by atoms with Crippen molar-refractivity contribution in [1.29, 1.82) is 0 Å². The van der Waals surface area contributed by atoms with Gasteiger partial charge in [0.25, 0.3) is 0 Å². The molecule has 1 amide bonds. The van der Waals surface area contributed by atoms with Gasteiger partial charge in [0.1, 0.15) is 11.6 Å². The highest BCUT2D eigenvalue weighted by Crippen LogP contribution is 2.12. The third-order valence-corrected chi connectivity index (χ3v) is 4.67. The van der Waals surface area contributed by atoms with Gasteiger partial charge in [-0.2, -0.15) is 0 Å². The van der Waals surface area contributed by atoms with Gasteiger partial charge in [-0.15, -0.1) is 11.3 Å². The van der Waals surface area contributed by atoms with Gasteiger partial charge in [0, 0.05) is 30.7 Å². The number of carbonyl (C=O) groups is 1. The molecular weight excluding hydrogens is 298 g/mol. The summed E-state index contributed by atoms with van der Waals surface area (Å²) >= 11 is 1.71. The second-order valence-electron chi connectivity index (χ2n) is 5.21. The number of hydrogen-bond acceptors (Lipinski definition) is 4. The molecule has 1 aromatic rings. The molecule has 2 heterocycles. The molecule has 1 fully saturated rings. The minimum Gasteiger partial charge on any atom is -0.357 e. The van der Waals surface area contributed by atoms with E-state index in [4.69, 9.17) is 0 Å². The zero-order chi connectivity index (χ0) is 15.8. The maximum atomic E-state index is 12.0. The summed E-state index contributed by atoms with van der Waals surface area (Å²) in [5.74, 6) is 0.778. The van der Waals surface area contributed by atoms with E-state index in [1.54, 1.807) is 11.3 Å². The zero-order valence-corrected chi connectivity index (χ0v) is 14.2. The Kier molecular flexibility index (Phi) is 6.64. The topological polar surface area (TPSA) is 69.6 Å². The number of likely N-dealkylation sites (tertiary alicyclic amines) is 1. The molecule has 1 aliphatic rings. The van der Waals surface area contributed by atoms with Crippen molar-refractivity contribution in [1.82, 2.24) is 20.5 Å². The number of hydrogen-bond donors (Lipinski definition) is 2. The third-order valence-electron chi connectivity index (χ3n) is 3.53. The van der Waals surface area contributed by atoms with Crippen molar-refractivity contribution in [3.63, 3.8) is 0 Å². The molecule has 0 spiro atoms. The van der Waals surface area contributed by atoms with Crippen LogP contribution in [0.5, 0.6) is 0 Å². The van der Waals surface area contributed by atoms with Crippen LogP contribution in [0.25, 0.3) is 0 Å². The monoisotopic (exact) mass is 323 g/mol. The number of amides is 1. The predicted octanol–water partition coefficient (Wildman–Crippen LogP) is 1.38. The Morgan fingerprint density at radius 1 is 1.36 bits per heavy atom. The lowest BCUT2D eigenvalue weighted by molar-refractivity contribution is -0.128. The fourth-order valence-corrected chi connectivity index (χ4v) is 3.11. The number of carbonyl (C=O) groups excluding carboxylic acids is 1. The van der Waals surface area contributed by atoms with Crippen LogP contribution in [0.3, 0.4) is 0 Å². The van der Waals surface area contributed by atoms with E-state index in [0.29, 0.717) is 12.5 Å². The molecule has 2 rings (SSSR count). The van der Waals surface area contributed by atoms with Crippen LogP contribution >= 0.6 is 11.3 Å². The Bertz CT molecular complexity index is 508. The van der Waals surface area contributed by atoms with Crippen LogP contribution in [0, 0.1) is 0 Å². The normalized spacial score (nSPS) is 15.2. The van der Waals surface area contributed by atoms with E-state index < -0.39 is 0 Å². The van der Waals surface area contributed by atoms with Gasteiger partial charge in [-0.1, -0.05) is 6.92 Å². The summed E-state index contributed by atoms with van der Waals surface area (Å²) in [6.07, 6.45) is 5.15. The Balaban J connectivity index is 1.84. The van der Waals surface area contributed by atoms with Gasteiger partial charge in [-0.25, -0.2) is 9.98 Å². The van der Waals surface area contributed by atoms with E-state index in [0.717, 1.165) is 43.9 Å². The highest BCUT2D eigenvalue weighted by atomic mass is 32.1. The number of aryl methyl sites for hydroxylation is 1. The van der Waals surface area contributed by atoms with Crippen molar-refractivity contribution >= 4 is 23.2 Å². The SMILES string of the molecule is CCNC(=NCC(=O)N1CCCC1)NCc1ncc(CC)s1. The first-order chi connectivity index (χ1) is 10.7. The van der Waals surface area contributed by atoms with Gasteiger partial charge in [0.2, 0.25) is 5.91 Å². The van der Waals surface area contributed by atoms with Crippen molar-refractivity contribution < 1.29 is 4.79 Å². The van der Waals surface area contributed by atoms with Gasteiger partial charge in [-0.3, -0.25) is 4.79 Å². The molecule has 22 heavy (non-hydrogen) atoms. The molecule has 1 aliphatic heterocycles. The molecule has 6 nitrogen and oxygen atoms in total. The van der Waals surface area contributed by atoms with Crippen LogP contribution in [0.15, 0.2) is 11.2 Å². The van der Waals surface area contributed by atoms with Crippen molar-refractivity contribution in [2.24, 2.45) is 4.99 Å². The maximum Gasteiger partial charge on any atom is 0.244 e. The maximum absolute atomic E-state index is 12.0. The first-order valence-electron chi connectivity index (χ1n) is 7.96. The predicted molar refractivity (Wildman–Crippen MR) is 90.1 cm³/mol. The number of thiazole rings is 1. The number of rotatable bonds is 6. The van der Waals surface area contributed by atoms with E-state index >= 15 is 0 Å². The largest absolute Gasteiger partial charge is 0.357 e. The van der Waals surface area contributed by atoms with Crippen LogP contribution in [-0.4, -0.2) is 47.9 Å². The molecule has 0 radical (unpaired) electrons. The van der Waals surface area contributed by atoms with E-state index in [9.17, 15) is 4.79 Å². The molecule has 1 aromatic heterocycles. The highest BCUT2D eigenvalue weighted by Gasteiger charge is 2.17. The number of nitrogens with zero attached hydrogens (tertiary/aromatic N) is 3. The summed E-state index contributed by atoms with van der Waals surface area (Å²) in [7, 11) is 0. The number of aromatic nitrogens is 1. The molecule has 0 atom stereocenters. The fourth-order valence-electron chi connectivity index (χ4n) is 2.31. The standard InChI is InChI=1S/C15H25N5OS/c1-3-12-9-17-13(22-12)10-18-15(16-4-2)19-11-14(21)20-7-5-6-8-20/h9H,3-8,10-11H2,1-2H3,(H2,16,18,19). The van der Waals surface area contributed by atoms with Crippen molar-refractivity contribution in [2.75, 3.05) is 26.2 Å². The fraction of sp³-hybridized carbons (Fsp3) is 0.667. The lowest BCUT2D eigenvalue weighted by atomic mass is 10.4. The van der Waals surface area contributed by atoms with Crippen molar-refractivity contribution in [2.45, 2.75) is 39.7 Å². The minimum atomic E-state index is 0.109. The summed E-state index contributed by atoms with van der Waals surface area (Å²) < 4.78 is 0. The van der Waals surface area contributed by atoms with Gasteiger partial charge in [0.15, 0.2) is 5.96 Å². The van der Waals surface area contributed by atoms with Crippen LogP contribution in [0.2, 0.25) is 0 Å². The molecule has 2 N–H and O–H groups in total. The van der Waals surface area contributed by atoms with E-state index in [2.05, 4.69) is 27.5 Å². The average Bonchev–Trinajstić information content (AvgIpc) is 3.20. The lowest BCUT2D eigenvalue weighted by Crippen LogP contribution is -2.38. The molecule has 1 saturated heterocycles. The van der Waals surface area contributed by atoms with Gasteiger partial charge >= 0.3 is 0 Å². The van der Waals surface area contributed by atoms with Gasteiger partial charge in [-0.05, 0) is 26.2 Å². The minimum absolute atomic E-state index is 0.109. The summed E-state index contributed by atoms with van der Waals surface area (Å²) in [5, 5.41) is 7.44. The quantitative estimate of drug-likeness (QED) is 0.613. The average molecular weight is 323 g/mol. The molecule has 0 aliphatic carbocycles. The first kappa shape index (κ1) is 16.7. The number of aliphatic imine (C=N–C) groups is 1. The Labute approximate surface area is 136 Å². The summed E-state index contributed by atoms with van der Waals surface area (Å²) in [6, 6.07) is 0. The van der Waals surface area contributed by atoms with E-state index in [1.807, 2.05) is 18.0 Å². The van der Waals surface area contributed by atoms with Crippen molar-refractivity contribution in [3.05, 3.63) is 16.1 Å². The number of guanidine groups is 1. The molecule has 122 valence electrons. The molecule has 0 bridgehead atoms. The molecule has 0 saturated carbocycles. The Hall–Kier alpha value is -1.63. The second kappa shape index (κ2) is 8.73.